The van der Waals surface area contributed by atoms with Crippen LogP contribution in [-0.4, -0.2) is 44.7 Å². The van der Waals surface area contributed by atoms with Crippen LogP contribution in [0.3, 0.4) is 0 Å². The number of benzene rings is 2. The van der Waals surface area contributed by atoms with E-state index in [9.17, 15) is 20.1 Å². The summed E-state index contributed by atoms with van der Waals surface area (Å²) in [4.78, 5) is 11.4. The number of nitrogens with two attached hydrogens (primary N) is 1. The van der Waals surface area contributed by atoms with Crippen LogP contribution in [0.1, 0.15) is 28.4 Å². The number of hydrazine groups is 3. The van der Waals surface area contributed by atoms with Crippen LogP contribution in [0.25, 0.3) is 0 Å². The number of methoxy groups -OCH3 is 1. The number of phenols is 2. The fourth-order valence-corrected chi connectivity index (χ4v) is 3.38. The molecule has 2 heterocycles. The number of carboxylic acids is 1. The van der Waals surface area contributed by atoms with Gasteiger partial charge in [0.1, 0.15) is 11.9 Å². The third-order valence-corrected chi connectivity index (χ3v) is 4.78. The highest BCUT2D eigenvalue weighted by Crippen LogP contribution is 2.54. The van der Waals surface area contributed by atoms with Crippen molar-refractivity contribution >= 4 is 11.7 Å². The van der Waals surface area contributed by atoms with Crippen molar-refractivity contribution in [1.82, 2.24) is 10.1 Å². The van der Waals surface area contributed by atoms with Crippen LogP contribution in [0.4, 0.5) is 5.69 Å². The zero-order valence-electron chi connectivity index (χ0n) is 13.9. The molecule has 4 unspecified atom stereocenters. The molecule has 0 spiro atoms. The molecule has 0 aromatic heterocycles. The number of hydrogen-bond donors (Lipinski definition) is 4. The molecule has 0 aliphatic carbocycles. The average molecular weight is 358 g/mol. The number of carboxylic acid groups (broad SMARTS) is 1. The minimum atomic E-state index is -1.13. The second-order valence-electron chi connectivity index (χ2n) is 6.21. The van der Waals surface area contributed by atoms with E-state index in [1.54, 1.807) is 17.3 Å². The van der Waals surface area contributed by atoms with E-state index in [1.165, 1.54) is 30.4 Å². The van der Waals surface area contributed by atoms with Gasteiger partial charge in [-0.15, -0.1) is 5.12 Å². The maximum absolute atomic E-state index is 11.4. The fraction of sp³-hybridized carbons (Fsp3) is 0.235. The monoisotopic (exact) mass is 358 g/mol. The van der Waals surface area contributed by atoms with Crippen LogP contribution >= 0.6 is 0 Å². The zero-order valence-corrected chi connectivity index (χ0v) is 13.9. The maximum atomic E-state index is 11.4. The van der Waals surface area contributed by atoms with Crippen LogP contribution in [0.2, 0.25) is 0 Å². The Bertz CT molecular complexity index is 889. The van der Waals surface area contributed by atoms with Crippen molar-refractivity contribution in [2.45, 2.75) is 18.6 Å². The normalized spacial score (nSPS) is 25.8. The number of nitrogens with zero attached hydrogens (tertiary/aromatic N) is 3. The van der Waals surface area contributed by atoms with Crippen molar-refractivity contribution in [3.63, 3.8) is 0 Å². The van der Waals surface area contributed by atoms with Crippen molar-refractivity contribution < 1.29 is 24.9 Å². The molecule has 2 aliphatic heterocycles. The summed E-state index contributed by atoms with van der Waals surface area (Å²) >= 11 is 0. The standard InChI is InChI=1S/C17H18N4O5/c1-26-15-6-9(2-5-14(15)23)12-8-16-19(12)21(16)20(18)13-7-10(22)3-4-11(13)17(24)25/h2-7,12,16,22-23H,8,18H2,1H3,(H,24,25). The molecule has 0 radical (unpaired) electrons. The Morgan fingerprint density at radius 1 is 1.27 bits per heavy atom. The topological polar surface area (TPSA) is 122 Å². The van der Waals surface area contributed by atoms with Gasteiger partial charge < -0.3 is 20.1 Å². The molecule has 136 valence electrons. The first kappa shape index (κ1) is 16.5. The lowest BCUT2D eigenvalue weighted by Crippen LogP contribution is -2.39. The molecule has 2 aromatic carbocycles. The molecular weight excluding hydrogens is 340 g/mol. The Labute approximate surface area is 148 Å². The number of rotatable bonds is 5. The molecule has 0 saturated carbocycles. The summed E-state index contributed by atoms with van der Waals surface area (Å²) in [5.41, 5.74) is 1.16. The molecule has 4 rings (SSSR count). The molecule has 5 N–H and O–H groups in total. The number of aromatic carboxylic acids is 1. The third-order valence-electron chi connectivity index (χ3n) is 4.78. The number of hydrogen-bond acceptors (Lipinski definition) is 8. The largest absolute Gasteiger partial charge is 0.508 e. The Hall–Kier alpha value is -3.01. The van der Waals surface area contributed by atoms with E-state index in [0.717, 1.165) is 12.0 Å². The summed E-state index contributed by atoms with van der Waals surface area (Å²) in [6.45, 7) is 0. The molecule has 4 atom stereocenters. The summed E-state index contributed by atoms with van der Waals surface area (Å²) in [6.07, 6.45) is 0.858. The summed E-state index contributed by atoms with van der Waals surface area (Å²) in [6, 6.07) is 9.15. The smallest absolute Gasteiger partial charge is 0.337 e. The van der Waals surface area contributed by atoms with Crippen LogP contribution in [-0.2, 0) is 0 Å². The fourth-order valence-electron chi connectivity index (χ4n) is 3.38. The first-order valence-corrected chi connectivity index (χ1v) is 7.97. The zero-order chi connectivity index (χ0) is 18.6. The molecule has 2 aromatic rings. The minimum Gasteiger partial charge on any atom is -0.508 e. The quantitative estimate of drug-likeness (QED) is 0.357. The van der Waals surface area contributed by atoms with Crippen LogP contribution in [0, 0.1) is 0 Å². The summed E-state index contributed by atoms with van der Waals surface area (Å²) in [5, 5.41) is 33.7. The van der Waals surface area contributed by atoms with Crippen LogP contribution in [0.15, 0.2) is 36.4 Å². The van der Waals surface area contributed by atoms with E-state index in [1.807, 2.05) is 11.1 Å². The van der Waals surface area contributed by atoms with Crippen LogP contribution in [0.5, 0.6) is 17.2 Å². The van der Waals surface area contributed by atoms with E-state index in [2.05, 4.69) is 0 Å². The van der Waals surface area contributed by atoms with Gasteiger partial charge in [0.25, 0.3) is 0 Å². The van der Waals surface area contributed by atoms with Crippen molar-refractivity contribution in [3.05, 3.63) is 47.5 Å². The number of ether oxygens (including phenoxy) is 1. The molecule has 0 bridgehead atoms. The predicted octanol–water partition coefficient (Wildman–Crippen LogP) is 1.40. The van der Waals surface area contributed by atoms with Gasteiger partial charge in [-0.1, -0.05) is 6.07 Å². The third kappa shape index (κ3) is 2.41. The first-order chi connectivity index (χ1) is 12.4. The molecule has 2 saturated heterocycles. The van der Waals surface area contributed by atoms with Gasteiger partial charge in [-0.25, -0.2) is 15.8 Å². The molecule has 2 fully saturated rings. The Morgan fingerprint density at radius 3 is 2.73 bits per heavy atom. The molecule has 0 amide bonds. The molecular formula is C17H18N4O5. The summed E-state index contributed by atoms with van der Waals surface area (Å²) in [5.74, 6) is 5.40. The molecule has 9 heteroatoms. The number of anilines is 1. The van der Waals surface area contributed by atoms with Gasteiger partial charge in [0.2, 0.25) is 0 Å². The lowest BCUT2D eigenvalue weighted by atomic mass is 9.97. The molecule has 26 heavy (non-hydrogen) atoms. The molecule has 2 aliphatic rings. The van der Waals surface area contributed by atoms with E-state index in [-0.39, 0.29) is 35.0 Å². The lowest BCUT2D eigenvalue weighted by Gasteiger charge is -2.25. The Morgan fingerprint density at radius 2 is 2.04 bits per heavy atom. The van der Waals surface area contributed by atoms with Gasteiger partial charge in [0, 0.05) is 12.5 Å². The van der Waals surface area contributed by atoms with E-state index < -0.39 is 5.97 Å². The van der Waals surface area contributed by atoms with Crippen molar-refractivity contribution in [1.29, 1.82) is 0 Å². The van der Waals surface area contributed by atoms with Crippen molar-refractivity contribution in [2.75, 3.05) is 12.2 Å². The number of aromatic hydroxyl groups is 2. The highest BCUT2D eigenvalue weighted by atomic mass is 16.5. The Balaban J connectivity index is 1.56. The highest BCUT2D eigenvalue weighted by Gasteiger charge is 2.63. The summed E-state index contributed by atoms with van der Waals surface area (Å²) in [7, 11) is 1.49. The predicted molar refractivity (Wildman–Crippen MR) is 91.2 cm³/mol. The number of fused-ring (bicyclic) bond motifs is 1. The number of carbonyl (C=O) groups is 1. The number of phenolic OH excluding ortho intramolecular Hbond substituents is 2. The Kier molecular flexibility index (Phi) is 3.65. The highest BCUT2D eigenvalue weighted by molar-refractivity contribution is 5.94. The summed E-state index contributed by atoms with van der Waals surface area (Å²) < 4.78 is 5.14. The van der Waals surface area contributed by atoms with Gasteiger partial charge in [-0.05, 0) is 29.8 Å². The van der Waals surface area contributed by atoms with Crippen molar-refractivity contribution in [2.24, 2.45) is 5.84 Å². The van der Waals surface area contributed by atoms with E-state index in [0.29, 0.717) is 5.75 Å². The van der Waals surface area contributed by atoms with Crippen LogP contribution < -0.4 is 15.7 Å². The van der Waals surface area contributed by atoms with Gasteiger partial charge in [-0.2, -0.15) is 5.01 Å². The second kappa shape index (κ2) is 5.77. The van der Waals surface area contributed by atoms with Gasteiger partial charge >= 0.3 is 5.97 Å². The van der Waals surface area contributed by atoms with E-state index >= 15 is 0 Å². The van der Waals surface area contributed by atoms with Crippen molar-refractivity contribution in [3.8, 4) is 17.2 Å². The van der Waals surface area contributed by atoms with Gasteiger partial charge in [0.05, 0.1) is 24.4 Å². The SMILES string of the molecule is COc1cc(C2CC3N2N3N(N)c2cc(O)ccc2C(=O)O)ccc1O. The van der Waals surface area contributed by atoms with Gasteiger partial charge in [0.15, 0.2) is 11.5 Å². The second-order valence-corrected chi connectivity index (χ2v) is 6.21. The van der Waals surface area contributed by atoms with E-state index in [4.69, 9.17) is 10.6 Å². The lowest BCUT2D eigenvalue weighted by molar-refractivity contribution is 0.0696. The van der Waals surface area contributed by atoms with Gasteiger partial charge in [-0.3, -0.25) is 0 Å². The first-order valence-electron chi connectivity index (χ1n) is 7.97. The minimum absolute atomic E-state index is 0.000604. The average Bonchev–Trinajstić information content (AvgIpc) is 3.19. The maximum Gasteiger partial charge on any atom is 0.337 e. The molecule has 9 nitrogen and oxygen atoms in total.